The Balaban J connectivity index is 1.42. The van der Waals surface area contributed by atoms with Crippen LogP contribution in [0.4, 0.5) is 5.82 Å². The Bertz CT molecular complexity index is 839. The smallest absolute Gasteiger partial charge is 0.213 e. The van der Waals surface area contributed by atoms with E-state index >= 15 is 0 Å². The predicted octanol–water partition coefficient (Wildman–Crippen LogP) is 3.63. The van der Waals surface area contributed by atoms with Gasteiger partial charge in [0.2, 0.25) is 5.88 Å². The predicted molar refractivity (Wildman–Crippen MR) is 98.9 cm³/mol. The highest BCUT2D eigenvalue weighted by molar-refractivity contribution is 5.92. The van der Waals surface area contributed by atoms with Crippen molar-refractivity contribution in [1.82, 2.24) is 15.0 Å². The Morgan fingerprint density at radius 2 is 1.92 bits per heavy atom. The number of rotatable bonds is 4. The number of hydrogen-bond acceptors (Lipinski definition) is 5. The van der Waals surface area contributed by atoms with E-state index < -0.39 is 0 Å². The van der Waals surface area contributed by atoms with Gasteiger partial charge in [0, 0.05) is 30.7 Å². The molecular weight excluding hydrogens is 312 g/mol. The van der Waals surface area contributed by atoms with Crippen LogP contribution >= 0.6 is 0 Å². The van der Waals surface area contributed by atoms with Crippen LogP contribution in [0.15, 0.2) is 48.9 Å². The van der Waals surface area contributed by atoms with Crippen LogP contribution in [-0.4, -0.2) is 34.6 Å². The largest absolute Gasteiger partial charge is 0.477 e. The number of ether oxygens (including phenoxy) is 1. The summed E-state index contributed by atoms with van der Waals surface area (Å²) >= 11 is 0. The fourth-order valence-electron chi connectivity index (χ4n) is 3.45. The molecule has 1 aromatic carbocycles. The third kappa shape index (κ3) is 3.40. The van der Waals surface area contributed by atoms with E-state index in [2.05, 4.69) is 45.0 Å². The lowest BCUT2D eigenvalue weighted by Gasteiger charge is -2.33. The molecule has 2 aromatic heterocycles. The molecule has 1 saturated heterocycles. The van der Waals surface area contributed by atoms with Gasteiger partial charge in [-0.3, -0.25) is 0 Å². The minimum atomic E-state index is 0.562. The first kappa shape index (κ1) is 15.8. The van der Waals surface area contributed by atoms with Gasteiger partial charge in [0.15, 0.2) is 0 Å². The van der Waals surface area contributed by atoms with Crippen LogP contribution in [0.5, 0.6) is 5.88 Å². The Labute approximate surface area is 147 Å². The fraction of sp³-hybridized carbons (Fsp3) is 0.350. The maximum absolute atomic E-state index is 5.82. The molecule has 0 spiro atoms. The van der Waals surface area contributed by atoms with Crippen LogP contribution in [0.1, 0.15) is 18.4 Å². The van der Waals surface area contributed by atoms with Crippen LogP contribution in [0.2, 0.25) is 0 Å². The zero-order valence-electron chi connectivity index (χ0n) is 14.4. The van der Waals surface area contributed by atoms with Gasteiger partial charge < -0.3 is 9.64 Å². The Morgan fingerprint density at radius 1 is 1.04 bits per heavy atom. The molecule has 5 heteroatoms. The average Bonchev–Trinajstić information content (AvgIpc) is 2.67. The molecule has 1 fully saturated rings. The van der Waals surface area contributed by atoms with Gasteiger partial charge in [0.1, 0.15) is 12.1 Å². The molecule has 3 heterocycles. The highest BCUT2D eigenvalue weighted by Crippen LogP contribution is 2.29. The maximum Gasteiger partial charge on any atom is 0.213 e. The van der Waals surface area contributed by atoms with Gasteiger partial charge in [0.05, 0.1) is 12.1 Å². The maximum atomic E-state index is 5.82. The summed E-state index contributed by atoms with van der Waals surface area (Å²) in [7, 11) is 0. The van der Waals surface area contributed by atoms with E-state index in [-0.39, 0.29) is 0 Å². The van der Waals surface area contributed by atoms with Gasteiger partial charge in [0.25, 0.3) is 0 Å². The van der Waals surface area contributed by atoms with Crippen molar-refractivity contribution in [3.8, 4) is 5.88 Å². The van der Waals surface area contributed by atoms with Crippen LogP contribution in [0.3, 0.4) is 0 Å². The molecule has 3 aromatic rings. The Morgan fingerprint density at radius 3 is 2.72 bits per heavy atom. The summed E-state index contributed by atoms with van der Waals surface area (Å²) in [5.41, 5.74) is 2.25. The van der Waals surface area contributed by atoms with Crippen molar-refractivity contribution in [3.63, 3.8) is 0 Å². The summed E-state index contributed by atoms with van der Waals surface area (Å²) in [6.45, 7) is 4.85. The normalized spacial score (nSPS) is 15.5. The molecule has 0 saturated carbocycles. The van der Waals surface area contributed by atoms with Crippen molar-refractivity contribution < 1.29 is 4.74 Å². The first-order chi connectivity index (χ1) is 12.3. The molecule has 5 nitrogen and oxygen atoms in total. The lowest BCUT2D eigenvalue weighted by atomic mass is 9.97. The number of fused-ring (bicyclic) bond motifs is 1. The third-order valence-corrected chi connectivity index (χ3v) is 4.87. The first-order valence-electron chi connectivity index (χ1n) is 8.80. The standard InChI is InChI=1S/C20H22N4O/c1-15-5-4-6-17-19(15)20(23-14-22-17)24-11-8-16(9-12-24)13-25-18-7-2-3-10-21-18/h2-7,10,14,16H,8-9,11-13H2,1H3. The van der Waals surface area contributed by atoms with E-state index in [1.165, 1.54) is 10.9 Å². The van der Waals surface area contributed by atoms with Gasteiger partial charge >= 0.3 is 0 Å². The minimum Gasteiger partial charge on any atom is -0.477 e. The monoisotopic (exact) mass is 334 g/mol. The molecular formula is C20H22N4O. The van der Waals surface area contributed by atoms with Gasteiger partial charge in [-0.25, -0.2) is 15.0 Å². The van der Waals surface area contributed by atoms with Crippen molar-refractivity contribution in [2.45, 2.75) is 19.8 Å². The number of anilines is 1. The van der Waals surface area contributed by atoms with E-state index in [1.54, 1.807) is 12.5 Å². The number of benzene rings is 1. The molecule has 4 rings (SSSR count). The molecule has 25 heavy (non-hydrogen) atoms. The Hall–Kier alpha value is -2.69. The van der Waals surface area contributed by atoms with E-state index in [0.29, 0.717) is 11.8 Å². The number of piperidine rings is 1. The fourth-order valence-corrected chi connectivity index (χ4v) is 3.45. The summed E-state index contributed by atoms with van der Waals surface area (Å²) in [4.78, 5) is 15.6. The summed E-state index contributed by atoms with van der Waals surface area (Å²) in [6.07, 6.45) is 5.64. The second-order valence-electron chi connectivity index (χ2n) is 6.58. The second-order valence-corrected chi connectivity index (χ2v) is 6.58. The zero-order valence-corrected chi connectivity index (χ0v) is 14.4. The number of hydrogen-bond donors (Lipinski definition) is 0. The number of aryl methyl sites for hydroxylation is 1. The molecule has 0 atom stereocenters. The third-order valence-electron chi connectivity index (χ3n) is 4.87. The highest BCUT2D eigenvalue weighted by atomic mass is 16.5. The minimum absolute atomic E-state index is 0.562. The van der Waals surface area contributed by atoms with Crippen LogP contribution < -0.4 is 9.64 Å². The summed E-state index contributed by atoms with van der Waals surface area (Å²) in [6, 6.07) is 12.0. The van der Waals surface area contributed by atoms with E-state index in [0.717, 1.165) is 43.9 Å². The Kier molecular flexibility index (Phi) is 4.46. The van der Waals surface area contributed by atoms with Crippen molar-refractivity contribution >= 4 is 16.7 Å². The van der Waals surface area contributed by atoms with Crippen molar-refractivity contribution in [2.75, 3.05) is 24.6 Å². The molecule has 0 unspecified atom stereocenters. The van der Waals surface area contributed by atoms with Crippen LogP contribution in [-0.2, 0) is 0 Å². The molecule has 0 amide bonds. The van der Waals surface area contributed by atoms with Crippen molar-refractivity contribution in [1.29, 1.82) is 0 Å². The van der Waals surface area contributed by atoms with E-state index in [9.17, 15) is 0 Å². The topological polar surface area (TPSA) is 51.1 Å². The number of pyridine rings is 1. The zero-order chi connectivity index (χ0) is 17.1. The number of aromatic nitrogens is 3. The van der Waals surface area contributed by atoms with Crippen molar-refractivity contribution in [3.05, 3.63) is 54.5 Å². The van der Waals surface area contributed by atoms with Gasteiger partial charge in [-0.05, 0) is 43.4 Å². The summed E-state index contributed by atoms with van der Waals surface area (Å²) in [5.74, 6) is 2.34. The first-order valence-corrected chi connectivity index (χ1v) is 8.80. The molecule has 1 aliphatic rings. The van der Waals surface area contributed by atoms with E-state index in [4.69, 9.17) is 4.74 Å². The van der Waals surface area contributed by atoms with Gasteiger partial charge in [-0.2, -0.15) is 0 Å². The lowest BCUT2D eigenvalue weighted by molar-refractivity contribution is 0.216. The molecule has 128 valence electrons. The SMILES string of the molecule is Cc1cccc2ncnc(N3CCC(COc4ccccn4)CC3)c12. The van der Waals surface area contributed by atoms with Gasteiger partial charge in [-0.15, -0.1) is 0 Å². The van der Waals surface area contributed by atoms with Gasteiger partial charge in [-0.1, -0.05) is 18.2 Å². The molecule has 0 N–H and O–H groups in total. The quantitative estimate of drug-likeness (QED) is 0.729. The second kappa shape index (κ2) is 7.05. The highest BCUT2D eigenvalue weighted by Gasteiger charge is 2.22. The van der Waals surface area contributed by atoms with Crippen LogP contribution in [0, 0.1) is 12.8 Å². The average molecular weight is 334 g/mol. The van der Waals surface area contributed by atoms with Crippen LogP contribution in [0.25, 0.3) is 10.9 Å². The molecule has 0 bridgehead atoms. The number of nitrogens with zero attached hydrogens (tertiary/aromatic N) is 4. The molecule has 0 radical (unpaired) electrons. The van der Waals surface area contributed by atoms with Crippen molar-refractivity contribution in [2.24, 2.45) is 5.92 Å². The lowest BCUT2D eigenvalue weighted by Crippen LogP contribution is -2.36. The molecule has 1 aliphatic heterocycles. The molecule has 0 aliphatic carbocycles. The van der Waals surface area contributed by atoms with E-state index in [1.807, 2.05) is 18.2 Å². The summed E-state index contributed by atoms with van der Waals surface area (Å²) in [5, 5.41) is 1.17. The summed E-state index contributed by atoms with van der Waals surface area (Å²) < 4.78 is 5.82.